The van der Waals surface area contributed by atoms with Gasteiger partial charge in [-0.3, -0.25) is 9.69 Å². The van der Waals surface area contributed by atoms with E-state index in [1.54, 1.807) is 0 Å². The Morgan fingerprint density at radius 3 is 2.20 bits per heavy atom. The van der Waals surface area contributed by atoms with E-state index in [2.05, 4.69) is 36.8 Å². The summed E-state index contributed by atoms with van der Waals surface area (Å²) in [5.74, 6) is 1.74. The van der Waals surface area contributed by atoms with E-state index in [1.807, 2.05) is 36.4 Å². The molecule has 25 heavy (non-hydrogen) atoms. The number of nitrogens with zero attached hydrogens (tertiary/aromatic N) is 2. The number of hydrogen-bond acceptors (Lipinski definition) is 4. The van der Waals surface area contributed by atoms with Crippen molar-refractivity contribution >= 4 is 5.78 Å². The van der Waals surface area contributed by atoms with Gasteiger partial charge in [0.15, 0.2) is 5.78 Å². The Hall–Kier alpha value is -2.17. The van der Waals surface area contributed by atoms with Gasteiger partial charge in [0.05, 0.1) is 6.54 Å². The van der Waals surface area contributed by atoms with Crippen LogP contribution in [0.3, 0.4) is 0 Å². The molecule has 1 aliphatic rings. The van der Waals surface area contributed by atoms with Crippen LogP contribution in [0.2, 0.25) is 0 Å². The lowest BCUT2D eigenvalue weighted by Gasteiger charge is -2.31. The van der Waals surface area contributed by atoms with Crippen LogP contribution in [0.25, 0.3) is 0 Å². The smallest absolute Gasteiger partial charge is 0.176 e. The SMILES string of the molecule is Cc1ccc(Oc2ccc(C(=O)CN3CCN(C)CC3)cc2)cc1C. The molecule has 0 radical (unpaired) electrons. The predicted octanol–water partition coefficient (Wildman–Crippen LogP) is 3.53. The maximum atomic E-state index is 12.5. The van der Waals surface area contributed by atoms with E-state index in [1.165, 1.54) is 11.1 Å². The van der Waals surface area contributed by atoms with Gasteiger partial charge in [-0.1, -0.05) is 6.07 Å². The lowest BCUT2D eigenvalue weighted by atomic mass is 10.1. The fourth-order valence-corrected chi connectivity index (χ4v) is 2.92. The Labute approximate surface area is 150 Å². The van der Waals surface area contributed by atoms with Gasteiger partial charge in [-0.05, 0) is 68.4 Å². The first-order valence-electron chi connectivity index (χ1n) is 8.80. The van der Waals surface area contributed by atoms with Crippen LogP contribution < -0.4 is 4.74 Å². The maximum absolute atomic E-state index is 12.5. The number of likely N-dealkylation sites (N-methyl/N-ethyl adjacent to an activating group) is 1. The molecule has 0 atom stereocenters. The van der Waals surface area contributed by atoms with Crippen LogP contribution in [0.4, 0.5) is 0 Å². The molecule has 0 bridgehead atoms. The highest BCUT2D eigenvalue weighted by Crippen LogP contribution is 2.24. The Morgan fingerprint density at radius 1 is 0.920 bits per heavy atom. The fourth-order valence-electron chi connectivity index (χ4n) is 2.92. The van der Waals surface area contributed by atoms with E-state index in [-0.39, 0.29) is 5.78 Å². The molecule has 0 spiro atoms. The van der Waals surface area contributed by atoms with Gasteiger partial charge in [0, 0.05) is 31.7 Å². The van der Waals surface area contributed by atoms with E-state index in [9.17, 15) is 4.79 Å². The number of ether oxygens (including phenoxy) is 1. The van der Waals surface area contributed by atoms with Gasteiger partial charge in [0.2, 0.25) is 0 Å². The number of Topliss-reactive ketones (excluding diaryl/α,β-unsaturated/α-hetero) is 1. The molecule has 0 aliphatic carbocycles. The molecule has 1 aliphatic heterocycles. The standard InChI is InChI=1S/C21H26N2O2/c1-16-4-7-20(14-17(16)2)25-19-8-5-18(6-9-19)21(24)15-23-12-10-22(3)11-13-23/h4-9,14H,10-13,15H2,1-3H3. The molecule has 2 aromatic rings. The highest BCUT2D eigenvalue weighted by molar-refractivity contribution is 5.97. The van der Waals surface area contributed by atoms with Gasteiger partial charge in [0.1, 0.15) is 11.5 Å². The molecule has 1 saturated heterocycles. The molecule has 0 saturated carbocycles. The molecule has 0 aromatic heterocycles. The van der Waals surface area contributed by atoms with E-state index >= 15 is 0 Å². The van der Waals surface area contributed by atoms with Crippen molar-refractivity contribution in [3.63, 3.8) is 0 Å². The van der Waals surface area contributed by atoms with Crippen molar-refractivity contribution in [3.8, 4) is 11.5 Å². The molecule has 0 amide bonds. The van der Waals surface area contributed by atoms with Gasteiger partial charge in [-0.15, -0.1) is 0 Å². The second-order valence-electron chi connectivity index (χ2n) is 6.88. The third kappa shape index (κ3) is 4.68. The summed E-state index contributed by atoms with van der Waals surface area (Å²) in [5.41, 5.74) is 3.19. The molecule has 4 heteroatoms. The van der Waals surface area contributed by atoms with Gasteiger partial charge >= 0.3 is 0 Å². The summed E-state index contributed by atoms with van der Waals surface area (Å²) in [6.45, 7) is 8.60. The highest BCUT2D eigenvalue weighted by atomic mass is 16.5. The summed E-state index contributed by atoms with van der Waals surface area (Å²) in [4.78, 5) is 17.0. The van der Waals surface area contributed by atoms with Crippen LogP contribution in [0.1, 0.15) is 21.5 Å². The molecule has 4 nitrogen and oxygen atoms in total. The molecular formula is C21H26N2O2. The molecular weight excluding hydrogens is 312 g/mol. The van der Waals surface area contributed by atoms with Crippen LogP contribution in [-0.2, 0) is 0 Å². The molecule has 0 N–H and O–H groups in total. The lowest BCUT2D eigenvalue weighted by Crippen LogP contribution is -2.46. The van der Waals surface area contributed by atoms with Gasteiger partial charge in [0.25, 0.3) is 0 Å². The zero-order chi connectivity index (χ0) is 17.8. The van der Waals surface area contributed by atoms with Crippen molar-refractivity contribution in [2.45, 2.75) is 13.8 Å². The van der Waals surface area contributed by atoms with Crippen LogP contribution in [0.5, 0.6) is 11.5 Å². The summed E-state index contributed by atoms with van der Waals surface area (Å²) >= 11 is 0. The second-order valence-corrected chi connectivity index (χ2v) is 6.88. The summed E-state index contributed by atoms with van der Waals surface area (Å²) in [6.07, 6.45) is 0. The third-order valence-electron chi connectivity index (χ3n) is 4.85. The first kappa shape index (κ1) is 17.6. The third-order valence-corrected chi connectivity index (χ3v) is 4.85. The minimum Gasteiger partial charge on any atom is -0.457 e. The fraction of sp³-hybridized carbons (Fsp3) is 0.381. The van der Waals surface area contributed by atoms with Crippen molar-refractivity contribution < 1.29 is 9.53 Å². The lowest BCUT2D eigenvalue weighted by molar-refractivity contribution is 0.0876. The van der Waals surface area contributed by atoms with Crippen molar-refractivity contribution in [1.29, 1.82) is 0 Å². The van der Waals surface area contributed by atoms with Crippen LogP contribution in [-0.4, -0.2) is 55.4 Å². The Morgan fingerprint density at radius 2 is 1.56 bits per heavy atom. The molecule has 2 aromatic carbocycles. The quantitative estimate of drug-likeness (QED) is 0.781. The monoisotopic (exact) mass is 338 g/mol. The van der Waals surface area contributed by atoms with Gasteiger partial charge in [-0.25, -0.2) is 0 Å². The Balaban J connectivity index is 1.59. The minimum absolute atomic E-state index is 0.169. The van der Waals surface area contributed by atoms with Crippen LogP contribution in [0.15, 0.2) is 42.5 Å². The first-order valence-corrected chi connectivity index (χ1v) is 8.80. The number of rotatable bonds is 5. The molecule has 0 unspecified atom stereocenters. The van der Waals surface area contributed by atoms with Crippen molar-refractivity contribution in [1.82, 2.24) is 9.80 Å². The first-order chi connectivity index (χ1) is 12.0. The van der Waals surface area contributed by atoms with Crippen LogP contribution >= 0.6 is 0 Å². The minimum atomic E-state index is 0.169. The number of hydrogen-bond donors (Lipinski definition) is 0. The van der Waals surface area contributed by atoms with E-state index < -0.39 is 0 Å². The van der Waals surface area contributed by atoms with Crippen molar-refractivity contribution in [3.05, 3.63) is 59.2 Å². The highest BCUT2D eigenvalue weighted by Gasteiger charge is 2.17. The zero-order valence-corrected chi connectivity index (χ0v) is 15.3. The summed E-state index contributed by atoms with van der Waals surface area (Å²) in [7, 11) is 2.12. The predicted molar refractivity (Wildman–Crippen MR) is 101 cm³/mol. The summed E-state index contributed by atoms with van der Waals surface area (Å²) in [5, 5.41) is 0. The normalized spacial score (nSPS) is 16.0. The Kier molecular flexibility index (Phi) is 5.51. The molecule has 3 rings (SSSR count). The molecule has 132 valence electrons. The molecule has 1 fully saturated rings. The van der Waals surface area contributed by atoms with Crippen LogP contribution in [0, 0.1) is 13.8 Å². The maximum Gasteiger partial charge on any atom is 0.176 e. The summed E-state index contributed by atoms with van der Waals surface area (Å²) in [6, 6.07) is 13.5. The van der Waals surface area contributed by atoms with Crippen molar-refractivity contribution in [2.24, 2.45) is 0 Å². The number of carbonyl (C=O) groups excluding carboxylic acids is 1. The van der Waals surface area contributed by atoms with Crippen molar-refractivity contribution in [2.75, 3.05) is 39.8 Å². The van der Waals surface area contributed by atoms with Gasteiger partial charge in [-0.2, -0.15) is 0 Å². The number of carbonyl (C=O) groups is 1. The van der Waals surface area contributed by atoms with E-state index in [0.717, 1.165) is 43.2 Å². The second kappa shape index (κ2) is 7.81. The van der Waals surface area contributed by atoms with E-state index in [0.29, 0.717) is 6.54 Å². The number of benzene rings is 2. The largest absolute Gasteiger partial charge is 0.457 e. The topological polar surface area (TPSA) is 32.8 Å². The number of aryl methyl sites for hydroxylation is 2. The average Bonchev–Trinajstić information content (AvgIpc) is 2.61. The average molecular weight is 338 g/mol. The zero-order valence-electron chi connectivity index (χ0n) is 15.3. The van der Waals surface area contributed by atoms with Gasteiger partial charge < -0.3 is 9.64 Å². The van der Waals surface area contributed by atoms with E-state index in [4.69, 9.17) is 4.74 Å². The summed E-state index contributed by atoms with van der Waals surface area (Å²) < 4.78 is 5.88. The number of ketones is 1. The number of piperazine rings is 1. The Bertz CT molecular complexity index is 732. The molecule has 1 heterocycles.